The number of hydrogen-bond donors (Lipinski definition) is 2. The molecule has 0 aromatic rings. The van der Waals surface area contributed by atoms with Crippen molar-refractivity contribution in [1.29, 1.82) is 0 Å². The summed E-state index contributed by atoms with van der Waals surface area (Å²) in [5, 5.41) is 19.8. The molecule has 0 aliphatic carbocycles. The van der Waals surface area contributed by atoms with Gasteiger partial charge in [0.1, 0.15) is 17.6 Å². The molecule has 0 radical (unpaired) electrons. The number of amides is 2. The molecule has 7 atom stereocenters. The van der Waals surface area contributed by atoms with Gasteiger partial charge in [0.05, 0.1) is 24.2 Å². The molecule has 0 saturated carbocycles. The number of aliphatic carboxylic acids is 1. The minimum atomic E-state index is -1.19. The van der Waals surface area contributed by atoms with Gasteiger partial charge in [0.2, 0.25) is 11.8 Å². The zero-order valence-corrected chi connectivity index (χ0v) is 18.3. The van der Waals surface area contributed by atoms with Gasteiger partial charge < -0.3 is 24.7 Å². The lowest BCUT2D eigenvalue weighted by atomic mass is 9.62. The molecule has 8 nitrogen and oxygen atoms in total. The maximum atomic E-state index is 13.8. The van der Waals surface area contributed by atoms with Crippen LogP contribution in [0, 0.1) is 17.8 Å². The molecule has 3 rings (SSSR count). The molecule has 0 aromatic heterocycles. The van der Waals surface area contributed by atoms with Crippen LogP contribution in [0.3, 0.4) is 0 Å². The Morgan fingerprint density at radius 1 is 1.47 bits per heavy atom. The average molecular weight is 423 g/mol. The largest absolute Gasteiger partial charge is 0.481 e. The van der Waals surface area contributed by atoms with Crippen molar-refractivity contribution in [2.45, 2.75) is 70.2 Å². The number of nitrogens with zero attached hydrogens (tertiary/aromatic N) is 2. The number of fused-ring (bicyclic) bond motifs is 1. The molecule has 3 unspecified atom stereocenters. The van der Waals surface area contributed by atoms with Crippen LogP contribution in [-0.2, 0) is 19.1 Å². The van der Waals surface area contributed by atoms with E-state index in [2.05, 4.69) is 6.58 Å². The first-order valence-electron chi connectivity index (χ1n) is 10.9. The van der Waals surface area contributed by atoms with Crippen molar-refractivity contribution < 1.29 is 29.3 Å². The Bertz CT molecular complexity index is 741. The van der Waals surface area contributed by atoms with Crippen LogP contribution in [-0.4, -0.2) is 80.8 Å². The minimum absolute atomic E-state index is 0.120. The number of carboxylic acid groups (broad SMARTS) is 1. The third-order valence-corrected chi connectivity index (χ3v) is 7.43. The molecule has 2 amide bonds. The van der Waals surface area contributed by atoms with Crippen molar-refractivity contribution in [1.82, 2.24) is 9.80 Å². The lowest BCUT2D eigenvalue weighted by molar-refractivity contribution is -0.159. The Morgan fingerprint density at radius 3 is 2.67 bits per heavy atom. The zero-order valence-electron chi connectivity index (χ0n) is 18.3. The van der Waals surface area contributed by atoms with Crippen molar-refractivity contribution >= 4 is 17.8 Å². The van der Waals surface area contributed by atoms with E-state index < -0.39 is 47.0 Å². The van der Waals surface area contributed by atoms with Crippen molar-refractivity contribution in [3.63, 3.8) is 0 Å². The minimum Gasteiger partial charge on any atom is -0.481 e. The number of carbonyl (C=O) groups is 3. The SMILES string of the molecule is C=CCN(CCCC)C(=O)C1N([C@H](C)CO)C(=O)[C@@H]2[C@H](C(=O)O)[C@@]3(C)OC12CC3C. The molecule has 2 bridgehead atoms. The molecule has 3 aliphatic heterocycles. The number of likely N-dealkylation sites (tertiary alicyclic amines) is 1. The Labute approximate surface area is 177 Å². The van der Waals surface area contributed by atoms with E-state index in [9.17, 15) is 24.6 Å². The summed E-state index contributed by atoms with van der Waals surface area (Å²) < 4.78 is 6.42. The Kier molecular flexibility index (Phi) is 6.04. The van der Waals surface area contributed by atoms with Gasteiger partial charge in [0.15, 0.2) is 0 Å². The van der Waals surface area contributed by atoms with Gasteiger partial charge in [-0.05, 0) is 32.6 Å². The highest BCUT2D eigenvalue weighted by Gasteiger charge is 2.80. The van der Waals surface area contributed by atoms with Crippen LogP contribution in [0.1, 0.15) is 47.0 Å². The maximum Gasteiger partial charge on any atom is 0.310 e. The Balaban J connectivity index is 2.11. The van der Waals surface area contributed by atoms with Crippen LogP contribution in [0.25, 0.3) is 0 Å². The fourth-order valence-electron chi connectivity index (χ4n) is 5.86. The number of carboxylic acids is 1. The smallest absolute Gasteiger partial charge is 0.310 e. The molecule has 0 aromatic carbocycles. The van der Waals surface area contributed by atoms with Gasteiger partial charge in [-0.3, -0.25) is 14.4 Å². The van der Waals surface area contributed by atoms with Crippen LogP contribution in [0.2, 0.25) is 0 Å². The van der Waals surface area contributed by atoms with E-state index in [1.54, 1.807) is 24.8 Å². The molecule has 3 aliphatic rings. The molecule has 3 fully saturated rings. The van der Waals surface area contributed by atoms with Gasteiger partial charge in [-0.1, -0.05) is 26.3 Å². The van der Waals surface area contributed by atoms with Gasteiger partial charge in [-0.15, -0.1) is 6.58 Å². The average Bonchev–Trinajstić information content (AvgIpc) is 3.21. The third-order valence-electron chi connectivity index (χ3n) is 7.43. The second kappa shape index (κ2) is 7.96. The van der Waals surface area contributed by atoms with Gasteiger partial charge >= 0.3 is 5.97 Å². The van der Waals surface area contributed by atoms with Gasteiger partial charge in [0.25, 0.3) is 0 Å². The first-order valence-corrected chi connectivity index (χ1v) is 10.9. The van der Waals surface area contributed by atoms with Crippen molar-refractivity contribution in [2.75, 3.05) is 19.7 Å². The highest BCUT2D eigenvalue weighted by Crippen LogP contribution is 2.65. The van der Waals surface area contributed by atoms with Crippen LogP contribution in [0.15, 0.2) is 12.7 Å². The molecule has 8 heteroatoms. The number of ether oxygens (including phenoxy) is 1. The summed E-state index contributed by atoms with van der Waals surface area (Å²) in [6.45, 7) is 11.7. The summed E-state index contributed by atoms with van der Waals surface area (Å²) in [6.07, 6.45) is 3.79. The summed E-state index contributed by atoms with van der Waals surface area (Å²) in [5.41, 5.74) is -2.20. The molecular weight excluding hydrogens is 388 g/mol. The predicted molar refractivity (Wildman–Crippen MR) is 109 cm³/mol. The van der Waals surface area contributed by atoms with Gasteiger partial charge in [-0.2, -0.15) is 0 Å². The maximum absolute atomic E-state index is 13.8. The zero-order chi connectivity index (χ0) is 22.4. The van der Waals surface area contributed by atoms with Crippen LogP contribution in [0.5, 0.6) is 0 Å². The topological polar surface area (TPSA) is 107 Å². The fourth-order valence-corrected chi connectivity index (χ4v) is 5.86. The number of unbranched alkanes of at least 4 members (excludes halogenated alkanes) is 1. The third kappa shape index (κ3) is 2.99. The second-order valence-electron chi connectivity index (χ2n) is 9.25. The summed E-state index contributed by atoms with van der Waals surface area (Å²) >= 11 is 0. The predicted octanol–water partition coefficient (Wildman–Crippen LogP) is 1.28. The van der Waals surface area contributed by atoms with Crippen molar-refractivity contribution in [2.24, 2.45) is 17.8 Å². The first kappa shape index (κ1) is 22.7. The van der Waals surface area contributed by atoms with Crippen molar-refractivity contribution in [3.8, 4) is 0 Å². The van der Waals surface area contributed by atoms with E-state index in [-0.39, 0.29) is 18.4 Å². The quantitative estimate of drug-likeness (QED) is 0.542. The van der Waals surface area contributed by atoms with E-state index >= 15 is 0 Å². The normalized spacial score (nSPS) is 37.9. The Morgan fingerprint density at radius 2 is 2.13 bits per heavy atom. The molecule has 3 heterocycles. The highest BCUT2D eigenvalue weighted by atomic mass is 16.5. The number of aliphatic hydroxyl groups excluding tert-OH is 1. The van der Waals surface area contributed by atoms with Gasteiger partial charge in [0, 0.05) is 13.1 Å². The number of hydrogen-bond acceptors (Lipinski definition) is 5. The monoisotopic (exact) mass is 422 g/mol. The summed E-state index contributed by atoms with van der Waals surface area (Å²) in [4.78, 5) is 42.6. The number of aliphatic hydroxyl groups is 1. The number of rotatable bonds is 9. The molecule has 1 spiro atoms. The van der Waals surface area contributed by atoms with Crippen LogP contribution in [0.4, 0.5) is 0 Å². The summed E-state index contributed by atoms with van der Waals surface area (Å²) in [7, 11) is 0. The molecule has 3 saturated heterocycles. The van der Waals surface area contributed by atoms with Crippen LogP contribution >= 0.6 is 0 Å². The lowest BCUT2D eigenvalue weighted by Crippen LogP contribution is -2.58. The van der Waals surface area contributed by atoms with E-state index in [1.807, 2.05) is 13.8 Å². The summed E-state index contributed by atoms with van der Waals surface area (Å²) in [5.74, 6) is -3.83. The van der Waals surface area contributed by atoms with Gasteiger partial charge in [-0.25, -0.2) is 0 Å². The Hall–Kier alpha value is -1.93. The van der Waals surface area contributed by atoms with E-state index in [1.165, 1.54) is 4.90 Å². The molecular formula is C22H34N2O6. The summed E-state index contributed by atoms with van der Waals surface area (Å²) in [6, 6.07) is -1.58. The highest BCUT2D eigenvalue weighted by molar-refractivity contribution is 5.98. The molecule has 30 heavy (non-hydrogen) atoms. The lowest BCUT2D eigenvalue weighted by Gasteiger charge is -2.38. The number of carbonyl (C=O) groups excluding carboxylic acids is 2. The van der Waals surface area contributed by atoms with E-state index in [0.717, 1.165) is 12.8 Å². The molecule has 168 valence electrons. The fraction of sp³-hybridized carbons (Fsp3) is 0.773. The second-order valence-corrected chi connectivity index (χ2v) is 9.25. The first-order chi connectivity index (χ1) is 14.1. The standard InChI is InChI=1S/C22H34N2O6/c1-6-8-10-23(9-7-2)19(27)17-22-11-13(3)21(5,30-22)16(20(28)29)15(22)18(26)24(17)14(4)12-25/h7,13-17,25H,2,6,8-12H2,1,3-5H3,(H,28,29)/t13?,14-,15+,16-,17?,21+,22?/m1/s1. The van der Waals surface area contributed by atoms with E-state index in [0.29, 0.717) is 19.5 Å². The van der Waals surface area contributed by atoms with Crippen LogP contribution < -0.4 is 0 Å². The van der Waals surface area contributed by atoms with E-state index in [4.69, 9.17) is 4.74 Å². The van der Waals surface area contributed by atoms with Crippen molar-refractivity contribution in [3.05, 3.63) is 12.7 Å². The molecule has 2 N–H and O–H groups in total.